The van der Waals surface area contributed by atoms with Crippen molar-refractivity contribution in [1.82, 2.24) is 9.38 Å². The summed E-state index contributed by atoms with van der Waals surface area (Å²) in [7, 11) is 1.64. The topological polar surface area (TPSA) is 63.8 Å². The van der Waals surface area contributed by atoms with Crippen LogP contribution in [-0.2, 0) is 0 Å². The van der Waals surface area contributed by atoms with E-state index in [9.17, 15) is 9.90 Å². The van der Waals surface area contributed by atoms with Crippen LogP contribution in [0, 0.1) is 0 Å². The number of para-hydroxylation sites is 1. The zero-order chi connectivity index (χ0) is 17.4. The maximum absolute atomic E-state index is 11.3. The van der Waals surface area contributed by atoms with Crippen molar-refractivity contribution in [3.05, 3.63) is 65.7 Å². The summed E-state index contributed by atoms with van der Waals surface area (Å²) in [6.07, 6.45) is 1.94. The molecule has 5 nitrogen and oxygen atoms in total. The summed E-state index contributed by atoms with van der Waals surface area (Å²) < 4.78 is 7.45. The number of hydrogen-bond acceptors (Lipinski definition) is 4. The normalized spacial score (nSPS) is 10.9. The summed E-state index contributed by atoms with van der Waals surface area (Å²) >= 11 is 1.58. The van der Waals surface area contributed by atoms with E-state index in [2.05, 4.69) is 0 Å². The molecule has 4 rings (SSSR count). The molecule has 0 saturated carbocycles. The van der Waals surface area contributed by atoms with Crippen molar-refractivity contribution in [2.75, 3.05) is 7.11 Å². The summed E-state index contributed by atoms with van der Waals surface area (Å²) in [6, 6.07) is 14.5. The summed E-state index contributed by atoms with van der Waals surface area (Å²) in [6.45, 7) is 0. The smallest absolute Gasteiger partial charge is 0.335 e. The van der Waals surface area contributed by atoms with Crippen LogP contribution in [-0.4, -0.2) is 27.6 Å². The van der Waals surface area contributed by atoms with Gasteiger partial charge in [-0.05, 0) is 24.3 Å². The Morgan fingerprint density at radius 3 is 2.84 bits per heavy atom. The standard InChI is InChI=1S/C19H14N2O3S/c1-24-15-8-3-2-7-14(15)16-18-21(9-10-25-18)17(20-16)12-5-4-6-13(11-12)19(22)23/h2-11H,1H3,(H,22,23). The highest BCUT2D eigenvalue weighted by molar-refractivity contribution is 7.16. The van der Waals surface area contributed by atoms with Gasteiger partial charge in [-0.2, -0.15) is 0 Å². The average molecular weight is 350 g/mol. The summed E-state index contributed by atoms with van der Waals surface area (Å²) in [4.78, 5) is 17.1. The van der Waals surface area contributed by atoms with Crippen LogP contribution in [0.4, 0.5) is 0 Å². The highest BCUT2D eigenvalue weighted by Gasteiger charge is 2.18. The van der Waals surface area contributed by atoms with Crippen LogP contribution in [0.15, 0.2) is 60.1 Å². The van der Waals surface area contributed by atoms with Crippen molar-refractivity contribution >= 4 is 22.1 Å². The molecule has 6 heteroatoms. The van der Waals surface area contributed by atoms with E-state index in [0.29, 0.717) is 5.82 Å². The molecular weight excluding hydrogens is 336 g/mol. The first kappa shape index (κ1) is 15.4. The number of carboxylic acids is 1. The number of methoxy groups -OCH3 is 1. The molecule has 0 amide bonds. The number of aromatic nitrogens is 2. The predicted molar refractivity (Wildman–Crippen MR) is 97.5 cm³/mol. The number of fused-ring (bicyclic) bond motifs is 1. The lowest BCUT2D eigenvalue weighted by Crippen LogP contribution is -1.96. The molecule has 2 aromatic carbocycles. The van der Waals surface area contributed by atoms with Crippen LogP contribution in [0.3, 0.4) is 0 Å². The van der Waals surface area contributed by atoms with Crippen molar-refractivity contribution in [2.24, 2.45) is 0 Å². The fourth-order valence-corrected chi connectivity index (χ4v) is 3.67. The number of carboxylic acid groups (broad SMARTS) is 1. The molecule has 0 aliphatic carbocycles. The molecule has 1 N–H and O–H groups in total. The van der Waals surface area contributed by atoms with E-state index in [4.69, 9.17) is 9.72 Å². The first-order valence-electron chi connectivity index (χ1n) is 7.61. The molecule has 0 aliphatic heterocycles. The molecule has 0 spiro atoms. The van der Waals surface area contributed by atoms with Gasteiger partial charge in [0.15, 0.2) is 0 Å². The SMILES string of the molecule is COc1ccccc1-c1nc(-c2cccc(C(=O)O)c2)n2ccsc12. The summed E-state index contributed by atoms with van der Waals surface area (Å²) in [5, 5.41) is 11.2. The van der Waals surface area contributed by atoms with Gasteiger partial charge in [0.05, 0.1) is 12.7 Å². The lowest BCUT2D eigenvalue weighted by Gasteiger charge is -2.05. The highest BCUT2D eigenvalue weighted by atomic mass is 32.1. The van der Waals surface area contributed by atoms with Gasteiger partial charge in [0.25, 0.3) is 0 Å². The number of carbonyl (C=O) groups is 1. The van der Waals surface area contributed by atoms with E-state index in [1.165, 1.54) is 0 Å². The first-order valence-corrected chi connectivity index (χ1v) is 8.49. The van der Waals surface area contributed by atoms with Crippen LogP contribution in [0.2, 0.25) is 0 Å². The molecule has 4 aromatic rings. The highest BCUT2D eigenvalue weighted by Crippen LogP contribution is 2.37. The minimum atomic E-state index is -0.954. The zero-order valence-electron chi connectivity index (χ0n) is 13.3. The predicted octanol–water partition coefficient (Wildman–Crippen LogP) is 4.44. The van der Waals surface area contributed by atoms with Crippen molar-refractivity contribution in [3.8, 4) is 28.4 Å². The minimum absolute atomic E-state index is 0.239. The molecular formula is C19H14N2O3S. The second-order valence-corrected chi connectivity index (χ2v) is 6.34. The number of ether oxygens (including phenoxy) is 1. The van der Waals surface area contributed by atoms with Crippen molar-refractivity contribution in [2.45, 2.75) is 0 Å². The van der Waals surface area contributed by atoms with E-state index < -0.39 is 5.97 Å². The fraction of sp³-hybridized carbons (Fsp3) is 0.0526. The second-order valence-electron chi connectivity index (χ2n) is 5.45. The Morgan fingerprint density at radius 2 is 2.04 bits per heavy atom. The van der Waals surface area contributed by atoms with Gasteiger partial charge in [-0.25, -0.2) is 9.78 Å². The van der Waals surface area contributed by atoms with Crippen molar-refractivity contribution < 1.29 is 14.6 Å². The zero-order valence-corrected chi connectivity index (χ0v) is 14.2. The number of nitrogens with zero attached hydrogens (tertiary/aromatic N) is 2. The molecule has 0 bridgehead atoms. The van der Waals surface area contributed by atoms with Gasteiger partial charge in [-0.1, -0.05) is 24.3 Å². The van der Waals surface area contributed by atoms with Crippen molar-refractivity contribution in [3.63, 3.8) is 0 Å². The molecule has 0 unspecified atom stereocenters. The number of imidazole rings is 1. The minimum Gasteiger partial charge on any atom is -0.496 e. The summed E-state index contributed by atoms with van der Waals surface area (Å²) in [5.41, 5.74) is 2.73. The van der Waals surface area contributed by atoms with Gasteiger partial charge < -0.3 is 9.84 Å². The van der Waals surface area contributed by atoms with Gasteiger partial charge >= 0.3 is 5.97 Å². The van der Waals surface area contributed by atoms with Gasteiger partial charge in [0, 0.05) is 22.7 Å². The molecule has 0 radical (unpaired) electrons. The van der Waals surface area contributed by atoms with E-state index in [1.807, 2.05) is 46.3 Å². The quantitative estimate of drug-likeness (QED) is 0.591. The molecule has 0 atom stereocenters. The third-order valence-electron chi connectivity index (χ3n) is 3.99. The Bertz CT molecular complexity index is 1080. The maximum Gasteiger partial charge on any atom is 0.335 e. The fourth-order valence-electron chi connectivity index (χ4n) is 2.84. The van der Waals surface area contributed by atoms with E-state index in [-0.39, 0.29) is 5.56 Å². The lowest BCUT2D eigenvalue weighted by molar-refractivity contribution is 0.0697. The summed E-state index contributed by atoms with van der Waals surface area (Å²) in [5.74, 6) is 0.506. The molecule has 0 fully saturated rings. The number of aromatic carboxylic acids is 1. The average Bonchev–Trinajstić information content (AvgIpc) is 3.24. The third-order valence-corrected chi connectivity index (χ3v) is 4.86. The van der Waals surface area contributed by atoms with Crippen LogP contribution in [0.1, 0.15) is 10.4 Å². The van der Waals surface area contributed by atoms with E-state index in [0.717, 1.165) is 27.4 Å². The number of thiazole rings is 1. The molecule has 2 aromatic heterocycles. The Hall–Kier alpha value is -3.12. The van der Waals surface area contributed by atoms with Crippen LogP contribution < -0.4 is 4.74 Å². The van der Waals surface area contributed by atoms with Gasteiger partial charge in [0.2, 0.25) is 0 Å². The molecule has 124 valence electrons. The monoisotopic (exact) mass is 350 g/mol. The van der Waals surface area contributed by atoms with E-state index in [1.54, 1.807) is 36.6 Å². The van der Waals surface area contributed by atoms with E-state index >= 15 is 0 Å². The molecule has 2 heterocycles. The molecule has 25 heavy (non-hydrogen) atoms. The Balaban J connectivity index is 1.95. The largest absolute Gasteiger partial charge is 0.496 e. The van der Waals surface area contributed by atoms with Gasteiger partial charge in [0.1, 0.15) is 22.1 Å². The Morgan fingerprint density at radius 1 is 1.20 bits per heavy atom. The third kappa shape index (κ3) is 2.56. The molecule has 0 saturated heterocycles. The Labute approximate surface area is 147 Å². The second kappa shape index (κ2) is 6.07. The number of hydrogen-bond donors (Lipinski definition) is 1. The number of benzene rings is 2. The van der Waals surface area contributed by atoms with Gasteiger partial charge in [-0.15, -0.1) is 11.3 Å². The van der Waals surface area contributed by atoms with Crippen LogP contribution >= 0.6 is 11.3 Å². The van der Waals surface area contributed by atoms with Gasteiger partial charge in [-0.3, -0.25) is 4.40 Å². The molecule has 0 aliphatic rings. The first-order chi connectivity index (χ1) is 12.2. The van der Waals surface area contributed by atoms with Crippen molar-refractivity contribution in [1.29, 1.82) is 0 Å². The lowest BCUT2D eigenvalue weighted by atomic mass is 10.1. The van der Waals surface area contributed by atoms with Crippen LogP contribution in [0.25, 0.3) is 27.5 Å². The number of rotatable bonds is 4. The maximum atomic E-state index is 11.3. The Kier molecular flexibility index (Phi) is 3.74. The van der Waals surface area contributed by atoms with Crippen LogP contribution in [0.5, 0.6) is 5.75 Å².